The molecule has 6 aromatic carbocycles. The number of nitrogens with zero attached hydrogens (tertiary/aromatic N) is 4. The fraction of sp³-hybridized carbons (Fsp3) is 0.135. The molecule has 0 saturated heterocycles. The minimum atomic E-state index is -4.33. The highest BCUT2D eigenvalue weighted by Crippen LogP contribution is 2.47. The molecule has 0 atom stereocenters. The third kappa shape index (κ3) is 5.80. The van der Waals surface area contributed by atoms with Crippen LogP contribution in [0.1, 0.15) is 36.8 Å². The van der Waals surface area contributed by atoms with E-state index in [2.05, 4.69) is 9.95 Å². The van der Waals surface area contributed by atoms with Crippen molar-refractivity contribution in [1.82, 2.24) is 0 Å². The van der Waals surface area contributed by atoms with Gasteiger partial charge in [0.2, 0.25) is 22.3 Å². The third-order valence-electron chi connectivity index (χ3n) is 9.38. The van der Waals surface area contributed by atoms with Gasteiger partial charge in [-0.2, -0.15) is 16.8 Å². The van der Waals surface area contributed by atoms with E-state index in [1.165, 1.54) is 60.7 Å². The maximum absolute atomic E-state index is 13.4. The van der Waals surface area contributed by atoms with Crippen LogP contribution in [0, 0.1) is 10.8 Å². The van der Waals surface area contributed by atoms with Gasteiger partial charge in [0, 0.05) is 39.1 Å². The minimum absolute atomic E-state index is 0.0905. The van der Waals surface area contributed by atoms with Crippen molar-refractivity contribution < 1.29 is 35.4 Å². The highest BCUT2D eigenvalue weighted by molar-refractivity contribution is 7.87. The average molecular weight is 721 g/mol. The summed E-state index contributed by atoms with van der Waals surface area (Å²) in [5.41, 5.74) is 1.26. The predicted molar refractivity (Wildman–Crippen MR) is 188 cm³/mol. The Labute approximate surface area is 292 Å². The molecule has 7 rings (SSSR count). The second-order valence-corrected chi connectivity index (χ2v) is 15.2. The number of benzene rings is 6. The fourth-order valence-corrected chi connectivity index (χ4v) is 9.22. The van der Waals surface area contributed by atoms with Crippen molar-refractivity contribution >= 4 is 53.2 Å². The Balaban J connectivity index is 1.13. The molecule has 14 heteroatoms. The molecule has 0 radical (unpaired) electrons. The molecular weight excluding hydrogens is 693 g/mol. The lowest BCUT2D eigenvalue weighted by Crippen LogP contribution is -2.23. The van der Waals surface area contributed by atoms with Gasteiger partial charge in [0.05, 0.1) is 0 Å². The number of diazo groups is 2. The van der Waals surface area contributed by atoms with E-state index in [0.29, 0.717) is 0 Å². The first-order valence-corrected chi connectivity index (χ1v) is 18.6. The molecule has 1 aliphatic rings. The van der Waals surface area contributed by atoms with Crippen LogP contribution in [0.2, 0.25) is 0 Å². The van der Waals surface area contributed by atoms with Gasteiger partial charge in [0.25, 0.3) is 0 Å². The molecule has 0 aromatic heterocycles. The first-order chi connectivity index (χ1) is 24.5. The predicted octanol–water partition coefficient (Wildman–Crippen LogP) is 8.77. The van der Waals surface area contributed by atoms with Crippen molar-refractivity contribution in [3.05, 3.63) is 130 Å². The van der Waals surface area contributed by atoms with E-state index >= 15 is 0 Å². The molecule has 0 bridgehead atoms. The molecule has 1 aliphatic carbocycles. The summed E-state index contributed by atoms with van der Waals surface area (Å²) in [5, 5.41) is 39.8. The molecule has 0 amide bonds. The summed E-state index contributed by atoms with van der Waals surface area (Å²) in [6, 6.07) is 27.7. The van der Waals surface area contributed by atoms with Gasteiger partial charge in [-0.15, -0.1) is 0 Å². The number of hydrogen-bond donors (Lipinski definition) is 2. The van der Waals surface area contributed by atoms with Crippen LogP contribution < -0.4 is 8.37 Å². The summed E-state index contributed by atoms with van der Waals surface area (Å²) in [4.78, 5) is 5.71. The molecule has 2 N–H and O–H groups in total. The van der Waals surface area contributed by atoms with E-state index in [4.69, 9.17) is 19.2 Å². The fourth-order valence-electron chi connectivity index (χ4n) is 6.93. The zero-order chi connectivity index (χ0) is 36.0. The summed E-state index contributed by atoms with van der Waals surface area (Å²) < 4.78 is 64.5. The Hall–Kier alpha value is -6.22. The van der Waals surface area contributed by atoms with Crippen molar-refractivity contribution in [3.8, 4) is 23.0 Å². The maximum atomic E-state index is 13.4. The SMILES string of the molecule is N#[N+]c1ccc2c(S(=O)(=O)Oc3ccc(C4(c5ccc(OS(=O)(=O)c6cccc7c(O)c([N+]#N)ccc67)cc5)CCCC4)cc3)cccc2c1O. The van der Waals surface area contributed by atoms with Crippen molar-refractivity contribution in [2.45, 2.75) is 40.9 Å². The number of phenolic OH excluding ortho intramolecular Hbond substituents is 2. The summed E-state index contributed by atoms with van der Waals surface area (Å²) in [5.74, 6) is -0.540. The van der Waals surface area contributed by atoms with Crippen LogP contribution in [-0.2, 0) is 25.7 Å². The number of rotatable bonds is 8. The molecule has 1 fully saturated rings. The van der Waals surface area contributed by atoms with Crippen molar-refractivity contribution in [3.63, 3.8) is 0 Å². The average Bonchev–Trinajstić information content (AvgIpc) is 3.63. The Kier molecular flexibility index (Phi) is 8.22. The van der Waals surface area contributed by atoms with Crippen molar-refractivity contribution in [1.29, 1.82) is 10.8 Å². The molecule has 0 heterocycles. The third-order valence-corrected chi connectivity index (χ3v) is 12.0. The molecule has 0 unspecified atom stereocenters. The van der Waals surface area contributed by atoms with Gasteiger partial charge in [0.15, 0.2) is 9.95 Å². The molecule has 0 aliphatic heterocycles. The normalized spacial score (nSPS) is 14.2. The first kappa shape index (κ1) is 33.3. The molecule has 1 saturated carbocycles. The summed E-state index contributed by atoms with van der Waals surface area (Å²) in [7, 11) is -8.65. The van der Waals surface area contributed by atoms with Crippen LogP contribution in [0.4, 0.5) is 11.4 Å². The first-order valence-electron chi connectivity index (χ1n) is 15.8. The molecule has 0 spiro atoms. The molecule has 51 heavy (non-hydrogen) atoms. The lowest BCUT2D eigenvalue weighted by atomic mass is 9.73. The van der Waals surface area contributed by atoms with E-state index in [0.717, 1.165) is 36.8 Å². The van der Waals surface area contributed by atoms with Gasteiger partial charge >= 0.3 is 31.6 Å². The van der Waals surface area contributed by atoms with Crippen LogP contribution in [0.25, 0.3) is 31.5 Å². The Morgan fingerprint density at radius 1 is 0.529 bits per heavy atom. The monoisotopic (exact) mass is 720 g/mol. The molecule has 6 aromatic rings. The van der Waals surface area contributed by atoms with Gasteiger partial charge in [-0.3, -0.25) is 0 Å². The van der Waals surface area contributed by atoms with E-state index < -0.39 is 25.7 Å². The zero-order valence-electron chi connectivity index (χ0n) is 26.7. The van der Waals surface area contributed by atoms with E-state index in [1.54, 1.807) is 24.3 Å². The van der Waals surface area contributed by atoms with Gasteiger partial charge < -0.3 is 18.6 Å². The van der Waals surface area contributed by atoms with Crippen LogP contribution >= 0.6 is 0 Å². The minimum Gasteiger partial charge on any atom is -0.501 e. The number of phenols is 2. The summed E-state index contributed by atoms with van der Waals surface area (Å²) in [6.07, 6.45) is 3.54. The van der Waals surface area contributed by atoms with Crippen LogP contribution in [0.3, 0.4) is 0 Å². The smallest absolute Gasteiger partial charge is 0.426 e. The highest BCUT2D eigenvalue weighted by Gasteiger charge is 2.37. The van der Waals surface area contributed by atoms with Crippen LogP contribution in [-0.4, -0.2) is 27.0 Å². The second-order valence-electron chi connectivity index (χ2n) is 12.2. The standard InChI is InChI=1S/C37H26N4O8S2/c38-40-31-19-17-27-29(35(31)42)5-3-7-33(27)50(44,45)48-25-13-9-23(10-14-25)37(21-1-2-22-37)24-11-15-26(16-12-24)49-51(46,47)34-8-4-6-30-28(34)18-20-32(41-39)36(30)43/h3-20H,1-2,21-22H2/p+2. The Morgan fingerprint density at radius 2 is 0.922 bits per heavy atom. The molecule has 254 valence electrons. The lowest BCUT2D eigenvalue weighted by molar-refractivity contribution is 0.482. The number of hydrogen-bond acceptors (Lipinski definition) is 10. The maximum Gasteiger partial charge on any atom is 0.426 e. The zero-order valence-corrected chi connectivity index (χ0v) is 28.3. The topological polar surface area (TPSA) is 183 Å². The Bertz CT molecular complexity index is 2480. The number of fused-ring (bicyclic) bond motifs is 2. The highest BCUT2D eigenvalue weighted by atomic mass is 32.2. The molecule has 12 nitrogen and oxygen atoms in total. The Morgan fingerprint density at radius 3 is 1.29 bits per heavy atom. The largest absolute Gasteiger partial charge is 0.501 e. The molecular formula is C37H28N4O8S2+2. The summed E-state index contributed by atoms with van der Waals surface area (Å²) >= 11 is 0. The van der Waals surface area contributed by atoms with Crippen molar-refractivity contribution in [2.75, 3.05) is 0 Å². The van der Waals surface area contributed by atoms with E-state index in [9.17, 15) is 27.0 Å². The lowest BCUT2D eigenvalue weighted by Gasteiger charge is -2.31. The second kappa shape index (κ2) is 12.6. The van der Waals surface area contributed by atoms with E-state index in [1.807, 2.05) is 24.3 Å². The van der Waals surface area contributed by atoms with Crippen molar-refractivity contribution in [2.24, 2.45) is 0 Å². The van der Waals surface area contributed by atoms with Gasteiger partial charge in [-0.25, -0.2) is 0 Å². The van der Waals surface area contributed by atoms with Crippen LogP contribution in [0.5, 0.6) is 23.0 Å². The van der Waals surface area contributed by atoms with Crippen LogP contribution in [0.15, 0.2) is 119 Å². The van der Waals surface area contributed by atoms with E-state index in [-0.39, 0.29) is 65.7 Å². The quantitative estimate of drug-likeness (QED) is 0.114. The van der Waals surface area contributed by atoms with Gasteiger partial charge in [0.1, 0.15) is 21.3 Å². The van der Waals surface area contributed by atoms with Gasteiger partial charge in [-0.05, 0) is 72.5 Å². The van der Waals surface area contributed by atoms with Gasteiger partial charge in [-0.1, -0.05) is 61.4 Å². The summed E-state index contributed by atoms with van der Waals surface area (Å²) in [6.45, 7) is 0. The number of aromatic hydroxyl groups is 2.